The predicted octanol–water partition coefficient (Wildman–Crippen LogP) is 3.64. The fourth-order valence-corrected chi connectivity index (χ4v) is 3.91. The fraction of sp³-hybridized carbons (Fsp3) is 0.286. The normalized spacial score (nSPS) is 12.0. The summed E-state index contributed by atoms with van der Waals surface area (Å²) in [5.41, 5.74) is 1.58. The maximum absolute atomic E-state index is 12.4. The Hall–Kier alpha value is -3.00. The smallest absolute Gasteiger partial charge is 0.322 e. The van der Waals surface area contributed by atoms with E-state index in [1.54, 1.807) is 42.5 Å². The summed E-state index contributed by atoms with van der Waals surface area (Å²) in [5, 5.41) is 10.1. The minimum atomic E-state index is -3.45. The van der Waals surface area contributed by atoms with E-state index in [1.165, 1.54) is 0 Å². The topological polar surface area (TPSA) is 102 Å². The van der Waals surface area contributed by atoms with Crippen LogP contribution in [0.4, 0.5) is 6.01 Å². The van der Waals surface area contributed by atoms with Crippen molar-refractivity contribution in [2.45, 2.75) is 37.5 Å². The highest BCUT2D eigenvalue weighted by molar-refractivity contribution is 7.91. The predicted molar refractivity (Wildman–Crippen MR) is 110 cm³/mol. The number of carbonyl (C=O) groups is 1. The van der Waals surface area contributed by atoms with E-state index in [4.69, 9.17) is 4.42 Å². The van der Waals surface area contributed by atoms with Gasteiger partial charge in [-0.25, -0.2) is 8.42 Å². The second-order valence-electron chi connectivity index (χ2n) is 7.66. The Kier molecular flexibility index (Phi) is 5.83. The first-order valence-corrected chi connectivity index (χ1v) is 10.8. The van der Waals surface area contributed by atoms with Crippen LogP contribution in [0.1, 0.15) is 42.6 Å². The molecule has 0 fully saturated rings. The third kappa shape index (κ3) is 5.29. The number of aromatic nitrogens is 2. The summed E-state index contributed by atoms with van der Waals surface area (Å²) < 4.78 is 30.0. The van der Waals surface area contributed by atoms with Crippen molar-refractivity contribution in [2.24, 2.45) is 0 Å². The quantitative estimate of drug-likeness (QED) is 0.662. The Balaban J connectivity index is 1.61. The number of sulfone groups is 1. The van der Waals surface area contributed by atoms with Crippen molar-refractivity contribution in [3.63, 3.8) is 0 Å². The van der Waals surface area contributed by atoms with E-state index in [0.717, 1.165) is 5.56 Å². The molecule has 7 nitrogen and oxygen atoms in total. The Labute approximate surface area is 170 Å². The van der Waals surface area contributed by atoms with Crippen LogP contribution >= 0.6 is 0 Å². The molecule has 0 saturated carbocycles. The SMILES string of the molecule is CC(C)(C)c1ccc(C(=O)Nc2nnc(CCS(=O)(=O)c3ccccc3)o2)cc1. The lowest BCUT2D eigenvalue weighted by atomic mass is 9.87. The maximum atomic E-state index is 12.4. The van der Waals surface area contributed by atoms with E-state index in [-0.39, 0.29) is 40.3 Å². The lowest BCUT2D eigenvalue weighted by molar-refractivity contribution is 0.102. The Bertz CT molecular complexity index is 1080. The van der Waals surface area contributed by atoms with E-state index < -0.39 is 9.84 Å². The molecule has 0 aliphatic rings. The summed E-state index contributed by atoms with van der Waals surface area (Å²) in [6, 6.07) is 15.4. The molecule has 0 radical (unpaired) electrons. The summed E-state index contributed by atoms with van der Waals surface area (Å²) in [7, 11) is -3.45. The molecule has 0 saturated heterocycles. The third-order valence-electron chi connectivity index (χ3n) is 4.39. The van der Waals surface area contributed by atoms with Crippen LogP contribution in [-0.2, 0) is 21.7 Å². The van der Waals surface area contributed by atoms with Crippen LogP contribution in [0.3, 0.4) is 0 Å². The zero-order valence-electron chi connectivity index (χ0n) is 16.5. The van der Waals surface area contributed by atoms with Gasteiger partial charge >= 0.3 is 6.01 Å². The average molecular weight is 413 g/mol. The largest absolute Gasteiger partial charge is 0.408 e. The number of benzene rings is 2. The minimum absolute atomic E-state index is 0.00349. The van der Waals surface area contributed by atoms with Gasteiger partial charge in [-0.2, -0.15) is 0 Å². The molecular weight excluding hydrogens is 390 g/mol. The standard InChI is InChI=1S/C21H23N3O4S/c1-21(2,3)16-11-9-15(10-12-16)19(25)22-20-24-23-18(28-20)13-14-29(26,27)17-7-5-4-6-8-17/h4-12H,13-14H2,1-3H3,(H,22,24,25). The number of rotatable bonds is 6. The van der Waals surface area contributed by atoms with E-state index in [2.05, 4.69) is 36.3 Å². The van der Waals surface area contributed by atoms with Crippen molar-refractivity contribution in [3.8, 4) is 0 Å². The molecule has 3 aromatic rings. The highest BCUT2D eigenvalue weighted by Crippen LogP contribution is 2.22. The molecule has 0 spiro atoms. The molecule has 1 heterocycles. The van der Waals surface area contributed by atoms with Gasteiger partial charge in [0, 0.05) is 12.0 Å². The average Bonchev–Trinajstić information content (AvgIpc) is 3.14. The van der Waals surface area contributed by atoms with E-state index in [0.29, 0.717) is 5.56 Å². The number of nitrogens with zero attached hydrogens (tertiary/aromatic N) is 2. The zero-order valence-corrected chi connectivity index (χ0v) is 17.4. The first-order chi connectivity index (χ1) is 13.6. The lowest BCUT2D eigenvalue weighted by Gasteiger charge is -2.18. The van der Waals surface area contributed by atoms with Crippen LogP contribution < -0.4 is 5.32 Å². The monoisotopic (exact) mass is 413 g/mol. The van der Waals surface area contributed by atoms with Gasteiger partial charge in [0.25, 0.3) is 5.91 Å². The van der Waals surface area contributed by atoms with Crippen molar-refractivity contribution >= 4 is 21.8 Å². The highest BCUT2D eigenvalue weighted by Gasteiger charge is 2.18. The second-order valence-corrected chi connectivity index (χ2v) is 9.77. The summed E-state index contributed by atoms with van der Waals surface area (Å²) in [6.07, 6.45) is 0.0559. The van der Waals surface area contributed by atoms with Crippen molar-refractivity contribution in [3.05, 3.63) is 71.6 Å². The number of anilines is 1. The van der Waals surface area contributed by atoms with Gasteiger partial charge in [0.2, 0.25) is 5.89 Å². The number of hydrogen-bond acceptors (Lipinski definition) is 6. The molecule has 1 aromatic heterocycles. The lowest BCUT2D eigenvalue weighted by Crippen LogP contribution is -2.14. The molecule has 0 aliphatic heterocycles. The van der Waals surface area contributed by atoms with Gasteiger partial charge in [0.15, 0.2) is 9.84 Å². The number of hydrogen-bond donors (Lipinski definition) is 1. The van der Waals surface area contributed by atoms with Gasteiger partial charge in [-0.15, -0.1) is 5.10 Å². The molecule has 152 valence electrons. The van der Waals surface area contributed by atoms with Gasteiger partial charge in [-0.3, -0.25) is 10.1 Å². The number of nitrogens with one attached hydrogen (secondary N) is 1. The van der Waals surface area contributed by atoms with Gasteiger partial charge in [0.05, 0.1) is 10.6 Å². The summed E-state index contributed by atoms with van der Waals surface area (Å²) in [5.74, 6) is -0.402. The minimum Gasteiger partial charge on any atom is -0.408 e. The van der Waals surface area contributed by atoms with Crippen LogP contribution in [0.15, 0.2) is 63.9 Å². The number of carbonyl (C=O) groups excluding carboxylic acids is 1. The van der Waals surface area contributed by atoms with Gasteiger partial charge < -0.3 is 4.42 Å². The molecule has 1 amide bonds. The van der Waals surface area contributed by atoms with E-state index in [1.807, 2.05) is 12.1 Å². The van der Waals surface area contributed by atoms with Crippen LogP contribution in [-0.4, -0.2) is 30.3 Å². The van der Waals surface area contributed by atoms with Crippen molar-refractivity contribution in [1.82, 2.24) is 10.2 Å². The van der Waals surface area contributed by atoms with Crippen molar-refractivity contribution in [1.29, 1.82) is 0 Å². The summed E-state index contributed by atoms with van der Waals surface area (Å²) in [4.78, 5) is 12.6. The van der Waals surface area contributed by atoms with Crippen LogP contribution in [0.5, 0.6) is 0 Å². The molecule has 29 heavy (non-hydrogen) atoms. The molecular formula is C21H23N3O4S. The molecule has 8 heteroatoms. The molecule has 1 N–H and O–H groups in total. The van der Waals surface area contributed by atoms with Gasteiger partial charge in [-0.1, -0.05) is 56.2 Å². The van der Waals surface area contributed by atoms with Crippen molar-refractivity contribution < 1.29 is 17.6 Å². The van der Waals surface area contributed by atoms with E-state index >= 15 is 0 Å². The number of amides is 1. The Morgan fingerprint density at radius 2 is 1.66 bits per heavy atom. The van der Waals surface area contributed by atoms with Gasteiger partial charge in [-0.05, 0) is 35.2 Å². The first kappa shape index (κ1) is 20.7. The van der Waals surface area contributed by atoms with Crippen LogP contribution in [0, 0.1) is 0 Å². The Morgan fingerprint density at radius 3 is 2.28 bits per heavy atom. The Morgan fingerprint density at radius 1 is 1.00 bits per heavy atom. The molecule has 2 aromatic carbocycles. The molecule has 0 unspecified atom stereocenters. The summed E-state index contributed by atoms with van der Waals surface area (Å²) >= 11 is 0. The first-order valence-electron chi connectivity index (χ1n) is 9.17. The van der Waals surface area contributed by atoms with E-state index in [9.17, 15) is 13.2 Å². The maximum Gasteiger partial charge on any atom is 0.322 e. The number of aryl methyl sites for hydroxylation is 1. The fourth-order valence-electron chi connectivity index (χ4n) is 2.66. The highest BCUT2D eigenvalue weighted by atomic mass is 32.2. The second kappa shape index (κ2) is 8.16. The zero-order chi connectivity index (χ0) is 21.1. The summed E-state index contributed by atoms with van der Waals surface area (Å²) in [6.45, 7) is 6.29. The molecule has 0 aliphatic carbocycles. The molecule has 0 bridgehead atoms. The third-order valence-corrected chi connectivity index (χ3v) is 6.12. The van der Waals surface area contributed by atoms with Crippen LogP contribution in [0.25, 0.3) is 0 Å². The van der Waals surface area contributed by atoms with Crippen molar-refractivity contribution in [2.75, 3.05) is 11.1 Å². The molecule has 0 atom stereocenters. The van der Waals surface area contributed by atoms with Crippen LogP contribution in [0.2, 0.25) is 0 Å². The molecule has 3 rings (SSSR count). The van der Waals surface area contributed by atoms with Gasteiger partial charge in [0.1, 0.15) is 0 Å².